The van der Waals surface area contributed by atoms with Crippen LogP contribution in [-0.2, 0) is 0 Å². The van der Waals surface area contributed by atoms with Gasteiger partial charge in [-0.15, -0.1) is 11.8 Å². The van der Waals surface area contributed by atoms with Crippen LogP contribution in [0.3, 0.4) is 0 Å². The van der Waals surface area contributed by atoms with Crippen LogP contribution in [0.15, 0.2) is 29.2 Å². The predicted octanol–water partition coefficient (Wildman–Crippen LogP) is 2.86. The molecule has 1 rings (SSSR count). The summed E-state index contributed by atoms with van der Waals surface area (Å²) < 4.78 is 1.34. The summed E-state index contributed by atoms with van der Waals surface area (Å²) in [6.45, 7) is 0. The van der Waals surface area contributed by atoms with E-state index < -0.39 is 0 Å². The molecule has 0 spiro atoms. The van der Waals surface area contributed by atoms with Gasteiger partial charge in [-0.05, 0) is 41.0 Å². The smallest absolute Gasteiger partial charge is 1.00 e. The molecule has 0 saturated heterocycles. The maximum Gasteiger partial charge on any atom is 2.00 e. The van der Waals surface area contributed by atoms with Crippen LogP contribution >= 0.6 is 34.4 Å². The molecule has 0 aliphatic carbocycles. The van der Waals surface area contributed by atoms with E-state index in [1.807, 2.05) is 0 Å². The van der Waals surface area contributed by atoms with Crippen LogP contribution in [0.1, 0.15) is 2.85 Å². The molecular weight excluding hydrogens is 267 g/mol. The van der Waals surface area contributed by atoms with Gasteiger partial charge in [0, 0.05) is 8.47 Å². The second-order valence-corrected chi connectivity index (χ2v) is 3.64. The number of halogens is 1. The van der Waals surface area contributed by atoms with Crippen LogP contribution in [0.5, 0.6) is 0 Å². The molecule has 1 aromatic carbocycles. The Balaban J connectivity index is -0.000000270. The van der Waals surface area contributed by atoms with Crippen molar-refractivity contribution in [3.8, 4) is 0 Å². The summed E-state index contributed by atoms with van der Waals surface area (Å²) >= 11 is 4.13. The number of benzene rings is 1. The van der Waals surface area contributed by atoms with Crippen LogP contribution in [-0.4, -0.2) is 29.3 Å². The fourth-order valence-corrected chi connectivity index (χ4v) is 2.14. The third kappa shape index (κ3) is 2.98. The van der Waals surface area contributed by atoms with Gasteiger partial charge in [-0.1, -0.05) is 12.1 Å². The summed E-state index contributed by atoms with van der Waals surface area (Å²) in [4.78, 5) is 1.36. The summed E-state index contributed by atoms with van der Waals surface area (Å²) in [5.41, 5.74) is 0. The Labute approximate surface area is 98.4 Å². The van der Waals surface area contributed by atoms with Gasteiger partial charge in [0.25, 0.3) is 0 Å². The minimum absolute atomic E-state index is 0. The molecule has 0 nitrogen and oxygen atoms in total. The second-order valence-electron chi connectivity index (χ2n) is 1.63. The fourth-order valence-electron chi connectivity index (χ4n) is 0.610. The number of rotatable bonds is 1. The molecular formula is C7H9IMgS. The first kappa shape index (κ1) is 11.1. The van der Waals surface area contributed by atoms with Crippen molar-refractivity contribution in [2.75, 3.05) is 6.26 Å². The van der Waals surface area contributed by atoms with E-state index in [2.05, 4.69) is 53.1 Å². The van der Waals surface area contributed by atoms with E-state index in [9.17, 15) is 0 Å². The van der Waals surface area contributed by atoms with E-state index in [0.717, 1.165) is 0 Å². The molecule has 0 N–H and O–H groups in total. The minimum atomic E-state index is 0. The van der Waals surface area contributed by atoms with Gasteiger partial charge in [0.05, 0.1) is 0 Å². The largest absolute Gasteiger partial charge is 2.00 e. The molecule has 0 aliphatic rings. The second kappa shape index (κ2) is 5.68. The molecule has 10 heavy (non-hydrogen) atoms. The molecule has 0 amide bonds. The van der Waals surface area contributed by atoms with Gasteiger partial charge in [0.2, 0.25) is 0 Å². The van der Waals surface area contributed by atoms with Crippen molar-refractivity contribution in [1.82, 2.24) is 0 Å². The van der Waals surface area contributed by atoms with Gasteiger partial charge in [-0.2, -0.15) is 0 Å². The first-order valence-corrected chi connectivity index (χ1v) is 4.93. The Morgan fingerprint density at radius 1 is 1.40 bits per heavy atom. The first-order chi connectivity index (χ1) is 4.34. The average molecular weight is 276 g/mol. The minimum Gasteiger partial charge on any atom is -1.00 e. The Kier molecular flexibility index (Phi) is 6.29. The molecule has 52 valence electrons. The van der Waals surface area contributed by atoms with Gasteiger partial charge in [-0.3, -0.25) is 0 Å². The van der Waals surface area contributed by atoms with Crippen molar-refractivity contribution in [1.29, 1.82) is 0 Å². The molecule has 0 aliphatic heterocycles. The van der Waals surface area contributed by atoms with Crippen LogP contribution in [0, 0.1) is 3.57 Å². The average Bonchev–Trinajstić information content (AvgIpc) is 1.89. The summed E-state index contributed by atoms with van der Waals surface area (Å²) in [7, 11) is 0. The number of hydrogen-bond acceptors (Lipinski definition) is 1. The van der Waals surface area contributed by atoms with Gasteiger partial charge in [0.1, 0.15) is 0 Å². The van der Waals surface area contributed by atoms with E-state index in [4.69, 9.17) is 0 Å². The van der Waals surface area contributed by atoms with Crippen LogP contribution in [0.25, 0.3) is 0 Å². The third-order valence-electron chi connectivity index (χ3n) is 1.06. The summed E-state index contributed by atoms with van der Waals surface area (Å²) in [6, 6.07) is 8.37. The molecule has 1 aromatic rings. The van der Waals surface area contributed by atoms with Crippen molar-refractivity contribution in [3.63, 3.8) is 0 Å². The topological polar surface area (TPSA) is 0 Å². The molecule has 0 atom stereocenters. The zero-order chi connectivity index (χ0) is 6.69. The SMILES string of the molecule is CSc1ccccc1I.[H-].[H-].[Mg+2]. The normalized spacial score (nSPS) is 8.60. The zero-order valence-electron chi connectivity index (χ0n) is 7.80. The quantitative estimate of drug-likeness (QED) is 0.432. The van der Waals surface area contributed by atoms with E-state index in [0.29, 0.717) is 0 Å². The maximum absolute atomic E-state index is 2.34. The number of thioether (sulfide) groups is 1. The van der Waals surface area contributed by atoms with Gasteiger partial charge < -0.3 is 2.85 Å². The van der Waals surface area contributed by atoms with Gasteiger partial charge >= 0.3 is 23.1 Å². The van der Waals surface area contributed by atoms with E-state index in [-0.39, 0.29) is 25.9 Å². The summed E-state index contributed by atoms with van der Waals surface area (Å²) in [6.07, 6.45) is 2.09. The Bertz CT molecular complexity index is 210. The fraction of sp³-hybridized carbons (Fsp3) is 0.143. The van der Waals surface area contributed by atoms with Crippen LogP contribution < -0.4 is 0 Å². The third-order valence-corrected chi connectivity index (χ3v) is 3.16. The van der Waals surface area contributed by atoms with Crippen molar-refractivity contribution in [3.05, 3.63) is 27.8 Å². The molecule has 0 unspecified atom stereocenters. The molecule has 0 aromatic heterocycles. The van der Waals surface area contributed by atoms with Gasteiger partial charge in [-0.25, -0.2) is 0 Å². The van der Waals surface area contributed by atoms with Crippen molar-refractivity contribution >= 4 is 57.4 Å². The van der Waals surface area contributed by atoms with Crippen LogP contribution in [0.2, 0.25) is 0 Å². The molecule has 0 saturated carbocycles. The van der Waals surface area contributed by atoms with E-state index in [1.54, 1.807) is 11.8 Å². The Morgan fingerprint density at radius 3 is 2.40 bits per heavy atom. The zero-order valence-corrected chi connectivity index (χ0v) is 10.2. The van der Waals surface area contributed by atoms with Crippen molar-refractivity contribution < 1.29 is 2.85 Å². The van der Waals surface area contributed by atoms with Crippen molar-refractivity contribution in [2.45, 2.75) is 4.90 Å². The first-order valence-electron chi connectivity index (χ1n) is 2.63. The van der Waals surface area contributed by atoms with E-state index in [1.165, 1.54) is 8.47 Å². The summed E-state index contributed by atoms with van der Waals surface area (Å²) in [5, 5.41) is 0. The molecule has 0 bridgehead atoms. The molecule has 0 heterocycles. The van der Waals surface area contributed by atoms with Crippen LogP contribution in [0.4, 0.5) is 0 Å². The number of hydrogen-bond donors (Lipinski definition) is 0. The predicted molar refractivity (Wildman–Crippen MR) is 58.9 cm³/mol. The van der Waals surface area contributed by atoms with Gasteiger partial charge in [0.15, 0.2) is 0 Å². The standard InChI is InChI=1S/C7H7IS.Mg.2H/c1-9-7-5-3-2-4-6(7)8;;;/h2-5H,1H3;;;/q;+2;2*-1. The summed E-state index contributed by atoms with van der Waals surface area (Å²) in [5.74, 6) is 0. The monoisotopic (exact) mass is 276 g/mol. The molecule has 3 heteroatoms. The molecule has 0 fully saturated rings. The Morgan fingerprint density at radius 2 is 2.00 bits per heavy atom. The van der Waals surface area contributed by atoms with E-state index >= 15 is 0 Å². The Hall–Kier alpha value is 1.07. The maximum atomic E-state index is 2.34. The van der Waals surface area contributed by atoms with Crippen molar-refractivity contribution in [2.24, 2.45) is 0 Å². The molecule has 0 radical (unpaired) electrons.